The summed E-state index contributed by atoms with van der Waals surface area (Å²) in [5.74, 6) is -1.71. The number of halogens is 2. The zero-order valence-corrected chi connectivity index (χ0v) is 18.9. The minimum Gasteiger partial charge on any atom is -0.506 e. The Morgan fingerprint density at radius 1 is 1.15 bits per heavy atom. The number of benzene rings is 2. The quantitative estimate of drug-likeness (QED) is 0.407. The highest BCUT2D eigenvalue weighted by atomic mass is 19.1. The third-order valence-corrected chi connectivity index (χ3v) is 5.59. The largest absolute Gasteiger partial charge is 0.506 e. The number of aromatic amines is 1. The number of ether oxygens (including phenoxy) is 1. The summed E-state index contributed by atoms with van der Waals surface area (Å²) in [5, 5.41) is 13.8. The molecular formula is C25H23F2N3O4. The summed E-state index contributed by atoms with van der Waals surface area (Å²) in [6.07, 6.45) is 0.884. The Hall–Kier alpha value is -4.01. The van der Waals surface area contributed by atoms with Gasteiger partial charge in [0.15, 0.2) is 17.4 Å². The first-order chi connectivity index (χ1) is 16.3. The van der Waals surface area contributed by atoms with E-state index in [1.165, 1.54) is 12.1 Å². The molecule has 0 aliphatic carbocycles. The second-order valence-electron chi connectivity index (χ2n) is 7.97. The molecule has 0 fully saturated rings. The molecule has 2 aromatic carbocycles. The van der Waals surface area contributed by atoms with Gasteiger partial charge < -0.3 is 9.84 Å². The van der Waals surface area contributed by atoms with Crippen LogP contribution in [0.4, 0.5) is 8.78 Å². The normalized spacial score (nSPS) is 11.1. The van der Waals surface area contributed by atoms with E-state index < -0.39 is 17.4 Å². The van der Waals surface area contributed by atoms with Crippen molar-refractivity contribution in [2.75, 3.05) is 0 Å². The molecule has 0 aliphatic heterocycles. The summed E-state index contributed by atoms with van der Waals surface area (Å²) in [6.45, 7) is 5.26. The molecule has 0 saturated heterocycles. The minimum atomic E-state index is -0.717. The standard InChI is InChI=1S/C25H23F2N3O4/c1-4-15-10-21(33-12-22-29-25(32)34-30-22)23(27)14(3)17(15)11-16-6-8-20(31)24(28-16)18-9-13(2)5-7-19(18)26/h5-10,31H,4,11-12H2,1-3H3,(H,29,30,32). The molecule has 4 aromatic rings. The number of nitrogens with zero attached hydrogens (tertiary/aromatic N) is 2. The van der Waals surface area contributed by atoms with Gasteiger partial charge in [-0.1, -0.05) is 23.7 Å². The Morgan fingerprint density at radius 3 is 2.65 bits per heavy atom. The topological polar surface area (TPSA) is 101 Å². The van der Waals surface area contributed by atoms with Crippen molar-refractivity contribution >= 4 is 0 Å². The monoisotopic (exact) mass is 467 g/mol. The third kappa shape index (κ3) is 4.68. The fourth-order valence-corrected chi connectivity index (χ4v) is 3.79. The van der Waals surface area contributed by atoms with E-state index in [4.69, 9.17) is 4.74 Å². The van der Waals surface area contributed by atoms with E-state index in [0.29, 0.717) is 17.7 Å². The smallest absolute Gasteiger partial charge is 0.439 e. The predicted molar refractivity (Wildman–Crippen MR) is 121 cm³/mol. The first-order valence-electron chi connectivity index (χ1n) is 10.7. The van der Waals surface area contributed by atoms with Crippen LogP contribution in [0.15, 0.2) is 45.7 Å². The minimum absolute atomic E-state index is 0.0307. The fourth-order valence-electron chi connectivity index (χ4n) is 3.79. The molecule has 34 heavy (non-hydrogen) atoms. The molecule has 0 bridgehead atoms. The zero-order chi connectivity index (χ0) is 24.4. The molecule has 0 atom stereocenters. The van der Waals surface area contributed by atoms with E-state index in [-0.39, 0.29) is 41.6 Å². The van der Waals surface area contributed by atoms with Crippen molar-refractivity contribution < 1.29 is 23.1 Å². The van der Waals surface area contributed by atoms with Gasteiger partial charge in [-0.15, -0.1) is 0 Å². The number of hydrogen-bond acceptors (Lipinski definition) is 6. The molecule has 2 aromatic heterocycles. The number of aryl methyl sites for hydroxylation is 2. The molecule has 0 radical (unpaired) electrons. The van der Waals surface area contributed by atoms with Gasteiger partial charge in [-0.25, -0.2) is 18.6 Å². The molecule has 176 valence electrons. The van der Waals surface area contributed by atoms with Gasteiger partial charge in [0.05, 0.1) is 0 Å². The van der Waals surface area contributed by atoms with Crippen molar-refractivity contribution in [2.24, 2.45) is 0 Å². The molecule has 0 spiro atoms. The van der Waals surface area contributed by atoms with Gasteiger partial charge in [0.1, 0.15) is 23.9 Å². The van der Waals surface area contributed by atoms with Crippen LogP contribution in [0, 0.1) is 25.5 Å². The van der Waals surface area contributed by atoms with E-state index in [1.807, 2.05) is 13.8 Å². The van der Waals surface area contributed by atoms with E-state index in [1.54, 1.807) is 31.2 Å². The zero-order valence-electron chi connectivity index (χ0n) is 18.9. The summed E-state index contributed by atoms with van der Waals surface area (Å²) in [5.41, 5.74) is 3.70. The lowest BCUT2D eigenvalue weighted by Gasteiger charge is -2.17. The molecule has 0 unspecified atom stereocenters. The van der Waals surface area contributed by atoms with Crippen LogP contribution in [0.25, 0.3) is 11.3 Å². The molecule has 9 heteroatoms. The molecule has 4 rings (SSSR count). The summed E-state index contributed by atoms with van der Waals surface area (Å²) in [6, 6.07) is 9.31. The number of rotatable bonds is 7. The average molecular weight is 467 g/mol. The van der Waals surface area contributed by atoms with Gasteiger partial charge in [-0.3, -0.25) is 9.51 Å². The number of H-pyrrole nitrogens is 1. The lowest BCUT2D eigenvalue weighted by atomic mass is 9.94. The first kappa shape index (κ1) is 23.2. The van der Waals surface area contributed by atoms with Crippen LogP contribution in [0.5, 0.6) is 11.5 Å². The summed E-state index contributed by atoms with van der Waals surface area (Å²) < 4.78 is 39.5. The maximum atomic E-state index is 15.1. The highest BCUT2D eigenvalue weighted by Crippen LogP contribution is 2.33. The van der Waals surface area contributed by atoms with Crippen molar-refractivity contribution in [1.82, 2.24) is 15.1 Å². The van der Waals surface area contributed by atoms with Crippen molar-refractivity contribution in [3.63, 3.8) is 0 Å². The third-order valence-electron chi connectivity index (χ3n) is 5.59. The second kappa shape index (κ2) is 9.46. The Labute approximate surface area is 194 Å². The molecule has 7 nitrogen and oxygen atoms in total. The van der Waals surface area contributed by atoms with Crippen LogP contribution in [0.3, 0.4) is 0 Å². The number of aromatic hydroxyl groups is 1. The van der Waals surface area contributed by atoms with Crippen LogP contribution in [0.2, 0.25) is 0 Å². The Kier molecular flexibility index (Phi) is 6.45. The van der Waals surface area contributed by atoms with Gasteiger partial charge in [-0.2, -0.15) is 0 Å². The molecule has 2 N–H and O–H groups in total. The highest BCUT2D eigenvalue weighted by molar-refractivity contribution is 5.67. The molecule has 0 saturated carbocycles. The lowest BCUT2D eigenvalue weighted by molar-refractivity contribution is 0.271. The first-order valence-corrected chi connectivity index (χ1v) is 10.7. The number of nitrogens with one attached hydrogen (secondary N) is 1. The van der Waals surface area contributed by atoms with Crippen LogP contribution in [-0.4, -0.2) is 20.2 Å². The average Bonchev–Trinajstić information content (AvgIpc) is 3.24. The Morgan fingerprint density at radius 2 is 1.94 bits per heavy atom. The van der Waals surface area contributed by atoms with Crippen LogP contribution < -0.4 is 10.5 Å². The van der Waals surface area contributed by atoms with Crippen molar-refractivity contribution in [2.45, 2.75) is 40.2 Å². The highest BCUT2D eigenvalue weighted by Gasteiger charge is 2.19. The predicted octanol–water partition coefficient (Wildman–Crippen LogP) is 4.76. The van der Waals surface area contributed by atoms with Crippen LogP contribution in [-0.2, 0) is 19.4 Å². The maximum absolute atomic E-state index is 15.1. The molecule has 2 heterocycles. The van der Waals surface area contributed by atoms with Gasteiger partial charge in [0.2, 0.25) is 0 Å². The van der Waals surface area contributed by atoms with Crippen LogP contribution in [0.1, 0.15) is 40.7 Å². The van der Waals surface area contributed by atoms with E-state index in [0.717, 1.165) is 16.7 Å². The van der Waals surface area contributed by atoms with E-state index >= 15 is 4.39 Å². The fraction of sp³-hybridized carbons (Fsp3) is 0.240. The second-order valence-corrected chi connectivity index (χ2v) is 7.97. The van der Waals surface area contributed by atoms with Crippen molar-refractivity contribution in [3.8, 4) is 22.8 Å². The Bertz CT molecular complexity index is 1410. The van der Waals surface area contributed by atoms with Gasteiger partial charge >= 0.3 is 5.76 Å². The number of hydrogen-bond donors (Lipinski definition) is 2. The van der Waals surface area contributed by atoms with Crippen molar-refractivity contribution in [1.29, 1.82) is 0 Å². The number of aromatic nitrogens is 3. The van der Waals surface area contributed by atoms with E-state index in [2.05, 4.69) is 19.6 Å². The van der Waals surface area contributed by atoms with Gasteiger partial charge in [0.25, 0.3) is 0 Å². The molecule has 0 amide bonds. The van der Waals surface area contributed by atoms with Gasteiger partial charge in [0, 0.05) is 17.7 Å². The lowest BCUT2D eigenvalue weighted by Crippen LogP contribution is -2.07. The summed E-state index contributed by atoms with van der Waals surface area (Å²) >= 11 is 0. The Balaban J connectivity index is 1.66. The SMILES string of the molecule is CCc1cc(OCc2noc(=O)[nH]2)c(F)c(C)c1Cc1ccc(O)c(-c2cc(C)ccc2F)n1. The summed E-state index contributed by atoms with van der Waals surface area (Å²) in [7, 11) is 0. The van der Waals surface area contributed by atoms with Gasteiger partial charge in [-0.05, 0) is 67.3 Å². The maximum Gasteiger partial charge on any atom is 0.439 e. The van der Waals surface area contributed by atoms with E-state index in [9.17, 15) is 14.3 Å². The summed E-state index contributed by atoms with van der Waals surface area (Å²) in [4.78, 5) is 17.9. The number of pyridine rings is 1. The van der Waals surface area contributed by atoms with Crippen LogP contribution >= 0.6 is 0 Å². The molecule has 0 aliphatic rings. The molecular weight excluding hydrogens is 444 g/mol. The van der Waals surface area contributed by atoms with Crippen molar-refractivity contribution in [3.05, 3.63) is 92.4 Å².